The lowest BCUT2D eigenvalue weighted by molar-refractivity contribution is -0.140. The van der Waals surface area contributed by atoms with Crippen LogP contribution in [0.25, 0.3) is 0 Å². The molecule has 1 saturated carbocycles. The fourth-order valence-electron chi connectivity index (χ4n) is 2.95. The van der Waals surface area contributed by atoms with Gasteiger partial charge in [0.1, 0.15) is 5.75 Å². The number of rotatable bonds is 3. The average Bonchev–Trinajstić information content (AvgIpc) is 3.09. The number of methoxy groups -OCH3 is 1. The normalized spacial score (nSPS) is 19.6. The Morgan fingerprint density at radius 1 is 1.44 bits per heavy atom. The van der Waals surface area contributed by atoms with Crippen molar-refractivity contribution in [3.05, 3.63) is 23.3 Å². The summed E-state index contributed by atoms with van der Waals surface area (Å²) in [6.07, 6.45) is 2.36. The van der Waals surface area contributed by atoms with Gasteiger partial charge in [-0.15, -0.1) is 0 Å². The van der Waals surface area contributed by atoms with Crippen LogP contribution in [0.5, 0.6) is 5.75 Å². The molecule has 4 nitrogen and oxygen atoms in total. The van der Waals surface area contributed by atoms with E-state index < -0.39 is 11.4 Å². The Labute approximate surface area is 106 Å². The quantitative estimate of drug-likeness (QED) is 0.885. The molecule has 0 bridgehead atoms. The molecule has 1 heterocycles. The Morgan fingerprint density at radius 3 is 2.72 bits per heavy atom. The number of carbonyl (C=O) groups is 1. The largest absolute Gasteiger partial charge is 0.496 e. The maximum atomic E-state index is 11.5. The van der Waals surface area contributed by atoms with Gasteiger partial charge in [0.25, 0.3) is 0 Å². The second-order valence-corrected chi connectivity index (χ2v) is 5.20. The fourth-order valence-corrected chi connectivity index (χ4v) is 2.95. The van der Waals surface area contributed by atoms with Gasteiger partial charge in [-0.1, -0.05) is 6.07 Å². The Morgan fingerprint density at radius 2 is 2.17 bits per heavy atom. The van der Waals surface area contributed by atoms with Crippen LogP contribution in [0.1, 0.15) is 24.0 Å². The van der Waals surface area contributed by atoms with Crippen molar-refractivity contribution < 1.29 is 14.6 Å². The molecule has 96 valence electrons. The van der Waals surface area contributed by atoms with Crippen molar-refractivity contribution in [3.8, 4) is 5.75 Å². The van der Waals surface area contributed by atoms with E-state index in [2.05, 4.69) is 11.9 Å². The summed E-state index contributed by atoms with van der Waals surface area (Å²) in [6, 6.07) is 3.96. The first-order chi connectivity index (χ1) is 8.60. The molecular formula is C14H17NO3. The number of likely N-dealkylation sites (N-methyl/N-ethyl adjacent to an activating group) is 1. The van der Waals surface area contributed by atoms with Gasteiger partial charge in [0.05, 0.1) is 12.5 Å². The molecule has 0 atom stereocenters. The lowest BCUT2D eigenvalue weighted by Gasteiger charge is -2.19. The number of carboxylic acid groups (broad SMARTS) is 1. The van der Waals surface area contributed by atoms with Crippen molar-refractivity contribution >= 4 is 11.7 Å². The summed E-state index contributed by atoms with van der Waals surface area (Å²) in [5.74, 6) is 0.0591. The van der Waals surface area contributed by atoms with Gasteiger partial charge in [0.2, 0.25) is 0 Å². The van der Waals surface area contributed by atoms with E-state index in [0.717, 1.165) is 35.5 Å². The summed E-state index contributed by atoms with van der Waals surface area (Å²) in [6.45, 7) is 0.967. The molecule has 0 saturated heterocycles. The number of fused-ring (bicyclic) bond motifs is 1. The maximum absolute atomic E-state index is 11.5. The predicted octanol–water partition coefficient (Wildman–Crippen LogP) is 1.80. The molecule has 2 aliphatic rings. The van der Waals surface area contributed by atoms with Crippen molar-refractivity contribution in [1.82, 2.24) is 0 Å². The van der Waals surface area contributed by atoms with E-state index in [1.165, 1.54) is 0 Å². The van der Waals surface area contributed by atoms with Crippen LogP contribution in [-0.4, -0.2) is 31.8 Å². The van der Waals surface area contributed by atoms with Gasteiger partial charge in [-0.25, -0.2) is 0 Å². The van der Waals surface area contributed by atoms with Crippen LogP contribution in [-0.2, 0) is 16.6 Å². The van der Waals surface area contributed by atoms with E-state index in [9.17, 15) is 9.90 Å². The van der Waals surface area contributed by atoms with E-state index in [4.69, 9.17) is 4.74 Å². The number of aliphatic carboxylic acids is 1. The van der Waals surface area contributed by atoms with E-state index in [-0.39, 0.29) is 0 Å². The lowest BCUT2D eigenvalue weighted by Crippen LogP contribution is -2.21. The average molecular weight is 247 g/mol. The maximum Gasteiger partial charge on any atom is 0.314 e. The van der Waals surface area contributed by atoms with Crippen LogP contribution < -0.4 is 9.64 Å². The minimum absolute atomic E-state index is 0.693. The van der Waals surface area contributed by atoms with Crippen molar-refractivity contribution in [2.24, 2.45) is 0 Å². The smallest absolute Gasteiger partial charge is 0.314 e. The van der Waals surface area contributed by atoms with Crippen LogP contribution in [0, 0.1) is 0 Å². The highest BCUT2D eigenvalue weighted by Gasteiger charge is 2.53. The van der Waals surface area contributed by atoms with Gasteiger partial charge in [0, 0.05) is 30.4 Å². The van der Waals surface area contributed by atoms with E-state index in [1.807, 2.05) is 12.1 Å². The molecule has 18 heavy (non-hydrogen) atoms. The number of anilines is 1. The number of nitrogens with zero attached hydrogens (tertiary/aromatic N) is 1. The molecule has 0 aromatic heterocycles. The molecule has 0 spiro atoms. The first-order valence-corrected chi connectivity index (χ1v) is 6.25. The first-order valence-electron chi connectivity index (χ1n) is 6.25. The van der Waals surface area contributed by atoms with Crippen molar-refractivity contribution in [2.45, 2.75) is 24.7 Å². The second kappa shape index (κ2) is 3.64. The SMILES string of the molecule is COc1c(C2(C(=O)O)CC2)ccc2c1CCN2C. The summed E-state index contributed by atoms with van der Waals surface area (Å²) in [5, 5.41) is 9.41. The molecule has 1 N–H and O–H groups in total. The van der Waals surface area contributed by atoms with Gasteiger partial charge >= 0.3 is 5.97 Å². The number of hydrogen-bond donors (Lipinski definition) is 1. The van der Waals surface area contributed by atoms with Crippen molar-refractivity contribution in [2.75, 3.05) is 25.6 Å². The summed E-state index contributed by atoms with van der Waals surface area (Å²) in [4.78, 5) is 13.6. The molecule has 1 aromatic carbocycles. The lowest BCUT2D eigenvalue weighted by atomic mass is 9.92. The highest BCUT2D eigenvalue weighted by Crippen LogP contribution is 2.53. The predicted molar refractivity (Wildman–Crippen MR) is 68.5 cm³/mol. The minimum atomic E-state index is -0.730. The number of benzene rings is 1. The van der Waals surface area contributed by atoms with Gasteiger partial charge < -0.3 is 14.7 Å². The van der Waals surface area contributed by atoms with Crippen LogP contribution in [0.2, 0.25) is 0 Å². The molecule has 1 fully saturated rings. The molecule has 3 rings (SSSR count). The molecule has 1 aromatic rings. The van der Waals surface area contributed by atoms with Crippen LogP contribution in [0.4, 0.5) is 5.69 Å². The first kappa shape index (κ1) is 11.4. The highest BCUT2D eigenvalue weighted by atomic mass is 16.5. The minimum Gasteiger partial charge on any atom is -0.496 e. The van der Waals surface area contributed by atoms with Crippen molar-refractivity contribution in [3.63, 3.8) is 0 Å². The third kappa shape index (κ3) is 1.35. The molecular weight excluding hydrogens is 230 g/mol. The van der Waals surface area contributed by atoms with Gasteiger partial charge in [-0.2, -0.15) is 0 Å². The van der Waals surface area contributed by atoms with Crippen LogP contribution in [0.15, 0.2) is 12.1 Å². The standard InChI is InChI=1S/C14H17NO3/c1-15-8-5-9-11(15)4-3-10(12(9)18-2)14(6-7-14)13(16)17/h3-4H,5-8H2,1-2H3,(H,16,17). The molecule has 4 heteroatoms. The summed E-state index contributed by atoms with van der Waals surface area (Å²) in [7, 11) is 3.68. The van der Waals surface area contributed by atoms with E-state index in [0.29, 0.717) is 12.8 Å². The number of carboxylic acids is 1. The van der Waals surface area contributed by atoms with E-state index in [1.54, 1.807) is 7.11 Å². The topological polar surface area (TPSA) is 49.8 Å². The zero-order valence-electron chi connectivity index (χ0n) is 10.7. The Hall–Kier alpha value is -1.71. The molecule has 1 aliphatic heterocycles. The van der Waals surface area contributed by atoms with Gasteiger partial charge in [0.15, 0.2) is 0 Å². The van der Waals surface area contributed by atoms with Crippen LogP contribution >= 0.6 is 0 Å². The third-order valence-corrected chi connectivity index (χ3v) is 4.22. The van der Waals surface area contributed by atoms with Crippen LogP contribution in [0.3, 0.4) is 0 Å². The van der Waals surface area contributed by atoms with Crippen molar-refractivity contribution in [1.29, 1.82) is 0 Å². The summed E-state index contributed by atoms with van der Waals surface area (Å²) >= 11 is 0. The Bertz CT molecular complexity index is 520. The summed E-state index contributed by atoms with van der Waals surface area (Å²) < 4.78 is 5.52. The summed E-state index contributed by atoms with van der Waals surface area (Å²) in [5.41, 5.74) is 2.48. The molecule has 0 unspecified atom stereocenters. The van der Waals surface area contributed by atoms with Gasteiger partial charge in [-0.05, 0) is 25.3 Å². The Balaban J connectivity index is 2.15. The highest BCUT2D eigenvalue weighted by molar-refractivity contribution is 5.87. The third-order valence-electron chi connectivity index (χ3n) is 4.22. The van der Waals surface area contributed by atoms with Gasteiger partial charge in [-0.3, -0.25) is 4.79 Å². The monoisotopic (exact) mass is 247 g/mol. The fraction of sp³-hybridized carbons (Fsp3) is 0.500. The zero-order chi connectivity index (χ0) is 12.9. The Kier molecular flexibility index (Phi) is 2.30. The zero-order valence-corrected chi connectivity index (χ0v) is 10.7. The molecule has 1 aliphatic carbocycles. The number of ether oxygens (including phenoxy) is 1. The molecule has 0 amide bonds. The molecule has 0 radical (unpaired) electrons. The van der Waals surface area contributed by atoms with E-state index >= 15 is 0 Å². The second-order valence-electron chi connectivity index (χ2n) is 5.20. The number of hydrogen-bond acceptors (Lipinski definition) is 3.